The summed E-state index contributed by atoms with van der Waals surface area (Å²) in [6.07, 6.45) is 1.63. The van der Waals surface area contributed by atoms with E-state index in [1.165, 1.54) is 5.69 Å². The van der Waals surface area contributed by atoms with Crippen LogP contribution in [0.5, 0.6) is 0 Å². The second kappa shape index (κ2) is 9.77. The highest BCUT2D eigenvalue weighted by molar-refractivity contribution is 5.93. The van der Waals surface area contributed by atoms with Gasteiger partial charge in [-0.3, -0.25) is 9.78 Å². The third kappa shape index (κ3) is 5.20. The van der Waals surface area contributed by atoms with Gasteiger partial charge < -0.3 is 20.3 Å². The lowest BCUT2D eigenvalue weighted by Crippen LogP contribution is -2.27. The Labute approximate surface area is 155 Å². The molecule has 1 aromatic carbocycles. The van der Waals surface area contributed by atoms with Crippen LogP contribution >= 0.6 is 0 Å². The van der Waals surface area contributed by atoms with Crippen molar-refractivity contribution in [3.63, 3.8) is 0 Å². The lowest BCUT2D eigenvalue weighted by molar-refractivity contribution is 0.0932. The van der Waals surface area contributed by atoms with Crippen LogP contribution < -0.4 is 15.5 Å². The summed E-state index contributed by atoms with van der Waals surface area (Å²) in [5.41, 5.74) is 4.58. The minimum atomic E-state index is -0.209. The number of anilines is 3. The van der Waals surface area contributed by atoms with Crippen LogP contribution in [0.25, 0.3) is 0 Å². The average Bonchev–Trinajstić information content (AvgIpc) is 2.65. The predicted molar refractivity (Wildman–Crippen MR) is 106 cm³/mol. The Bertz CT molecular complexity index is 730. The van der Waals surface area contributed by atoms with E-state index in [1.54, 1.807) is 19.4 Å². The fraction of sp³-hybridized carbons (Fsp3) is 0.400. The molecule has 0 saturated heterocycles. The van der Waals surface area contributed by atoms with Gasteiger partial charge in [-0.05, 0) is 56.7 Å². The summed E-state index contributed by atoms with van der Waals surface area (Å²) >= 11 is 0. The number of aryl methyl sites for hydroxylation is 1. The number of hydrogen-bond acceptors (Lipinski definition) is 5. The van der Waals surface area contributed by atoms with Gasteiger partial charge >= 0.3 is 0 Å². The van der Waals surface area contributed by atoms with Crippen LogP contribution in [0.4, 0.5) is 17.1 Å². The van der Waals surface area contributed by atoms with Gasteiger partial charge in [0.05, 0.1) is 6.61 Å². The maximum Gasteiger partial charge on any atom is 0.270 e. The van der Waals surface area contributed by atoms with Gasteiger partial charge in [0.25, 0.3) is 5.91 Å². The van der Waals surface area contributed by atoms with Crippen LogP contribution in [0.3, 0.4) is 0 Å². The number of rotatable bonds is 9. The molecule has 2 rings (SSSR count). The molecule has 1 aromatic heterocycles. The molecule has 2 N–H and O–H groups in total. The number of aromatic nitrogens is 1. The van der Waals surface area contributed by atoms with E-state index in [-0.39, 0.29) is 5.91 Å². The summed E-state index contributed by atoms with van der Waals surface area (Å²) in [5.74, 6) is -0.209. The standard InChI is InChI=1S/C20H28N4O2/c1-5-24(6-2)17-7-8-18(15(3)13-17)23-16-9-10-21-19(14-16)20(25)22-11-12-26-4/h7-10,13-14H,5-6,11-12H2,1-4H3,(H,21,23)(H,22,25). The monoisotopic (exact) mass is 356 g/mol. The third-order valence-corrected chi connectivity index (χ3v) is 4.20. The van der Waals surface area contributed by atoms with Crippen molar-refractivity contribution in [2.24, 2.45) is 0 Å². The normalized spacial score (nSPS) is 10.5. The predicted octanol–water partition coefficient (Wildman–Crippen LogP) is 3.36. The molecular formula is C20H28N4O2. The van der Waals surface area contributed by atoms with Crippen molar-refractivity contribution in [2.45, 2.75) is 20.8 Å². The van der Waals surface area contributed by atoms with Gasteiger partial charge in [-0.2, -0.15) is 0 Å². The lowest BCUT2D eigenvalue weighted by atomic mass is 10.1. The van der Waals surface area contributed by atoms with Crippen LogP contribution in [0.1, 0.15) is 29.9 Å². The maximum atomic E-state index is 12.1. The number of amides is 1. The van der Waals surface area contributed by atoms with Gasteiger partial charge in [0.1, 0.15) is 5.69 Å². The van der Waals surface area contributed by atoms with E-state index in [9.17, 15) is 4.79 Å². The number of carbonyl (C=O) groups excluding carboxylic acids is 1. The van der Waals surface area contributed by atoms with Crippen LogP contribution in [0.2, 0.25) is 0 Å². The van der Waals surface area contributed by atoms with Crippen LogP contribution in [-0.2, 0) is 4.74 Å². The summed E-state index contributed by atoms with van der Waals surface area (Å²) in [7, 11) is 1.60. The molecule has 0 spiro atoms. The Kier molecular flexibility index (Phi) is 7.41. The third-order valence-electron chi connectivity index (χ3n) is 4.20. The van der Waals surface area contributed by atoms with Gasteiger partial charge in [0.15, 0.2) is 0 Å². The van der Waals surface area contributed by atoms with Crippen molar-refractivity contribution in [3.05, 3.63) is 47.8 Å². The summed E-state index contributed by atoms with van der Waals surface area (Å²) in [5, 5.41) is 6.15. The van der Waals surface area contributed by atoms with E-state index in [1.807, 2.05) is 6.07 Å². The van der Waals surface area contributed by atoms with Crippen molar-refractivity contribution in [3.8, 4) is 0 Å². The summed E-state index contributed by atoms with van der Waals surface area (Å²) in [4.78, 5) is 18.6. The fourth-order valence-electron chi connectivity index (χ4n) is 2.72. The molecule has 0 unspecified atom stereocenters. The molecule has 6 heteroatoms. The fourth-order valence-corrected chi connectivity index (χ4v) is 2.72. The number of nitrogens with zero attached hydrogens (tertiary/aromatic N) is 2. The molecule has 0 radical (unpaired) electrons. The molecule has 2 aromatic rings. The lowest BCUT2D eigenvalue weighted by Gasteiger charge is -2.22. The van der Waals surface area contributed by atoms with Gasteiger partial charge in [-0.25, -0.2) is 0 Å². The number of methoxy groups -OCH3 is 1. The molecule has 0 saturated carbocycles. The Morgan fingerprint density at radius 1 is 1.19 bits per heavy atom. The number of benzene rings is 1. The Hall–Kier alpha value is -2.60. The van der Waals surface area contributed by atoms with Crippen molar-refractivity contribution in [2.75, 3.05) is 43.6 Å². The number of hydrogen-bond donors (Lipinski definition) is 2. The number of carbonyl (C=O) groups is 1. The highest BCUT2D eigenvalue weighted by Crippen LogP contribution is 2.25. The molecule has 140 valence electrons. The number of ether oxygens (including phenoxy) is 1. The van der Waals surface area contributed by atoms with E-state index in [4.69, 9.17) is 4.74 Å². The van der Waals surface area contributed by atoms with Crippen molar-refractivity contribution < 1.29 is 9.53 Å². The zero-order valence-electron chi connectivity index (χ0n) is 16.0. The van der Waals surface area contributed by atoms with Crippen LogP contribution in [0, 0.1) is 6.92 Å². The van der Waals surface area contributed by atoms with Crippen molar-refractivity contribution in [1.29, 1.82) is 0 Å². The van der Waals surface area contributed by atoms with Gasteiger partial charge in [0.2, 0.25) is 0 Å². The van der Waals surface area contributed by atoms with E-state index in [0.717, 1.165) is 30.0 Å². The SMILES string of the molecule is CCN(CC)c1ccc(Nc2ccnc(C(=O)NCCOC)c2)c(C)c1. The quantitative estimate of drug-likeness (QED) is 0.675. The Morgan fingerprint density at radius 2 is 1.96 bits per heavy atom. The van der Waals surface area contributed by atoms with Gasteiger partial charge in [0, 0.05) is 50.0 Å². The molecule has 0 aliphatic heterocycles. The zero-order chi connectivity index (χ0) is 18.9. The summed E-state index contributed by atoms with van der Waals surface area (Å²) in [6, 6.07) is 9.96. The molecule has 1 heterocycles. The molecule has 26 heavy (non-hydrogen) atoms. The largest absolute Gasteiger partial charge is 0.383 e. The Balaban J connectivity index is 2.11. The Morgan fingerprint density at radius 3 is 2.62 bits per heavy atom. The average molecular weight is 356 g/mol. The maximum absolute atomic E-state index is 12.1. The molecule has 0 aliphatic rings. The molecule has 0 aliphatic carbocycles. The zero-order valence-corrected chi connectivity index (χ0v) is 16.0. The molecule has 0 atom stereocenters. The van der Waals surface area contributed by atoms with Gasteiger partial charge in [-0.15, -0.1) is 0 Å². The molecule has 0 bridgehead atoms. The highest BCUT2D eigenvalue weighted by Gasteiger charge is 2.09. The highest BCUT2D eigenvalue weighted by atomic mass is 16.5. The topological polar surface area (TPSA) is 66.5 Å². The van der Waals surface area contributed by atoms with Gasteiger partial charge in [-0.1, -0.05) is 0 Å². The van der Waals surface area contributed by atoms with Crippen molar-refractivity contribution >= 4 is 23.0 Å². The van der Waals surface area contributed by atoms with E-state index < -0.39 is 0 Å². The molecule has 6 nitrogen and oxygen atoms in total. The second-order valence-corrected chi connectivity index (χ2v) is 5.97. The first-order valence-corrected chi connectivity index (χ1v) is 8.94. The minimum absolute atomic E-state index is 0.209. The minimum Gasteiger partial charge on any atom is -0.383 e. The van der Waals surface area contributed by atoms with E-state index in [2.05, 4.69) is 59.5 Å². The number of nitrogens with one attached hydrogen (secondary N) is 2. The number of pyridine rings is 1. The summed E-state index contributed by atoms with van der Waals surface area (Å²) in [6.45, 7) is 9.28. The molecule has 1 amide bonds. The van der Waals surface area contributed by atoms with Crippen molar-refractivity contribution in [1.82, 2.24) is 10.3 Å². The molecular weight excluding hydrogens is 328 g/mol. The first-order chi connectivity index (χ1) is 12.6. The van der Waals surface area contributed by atoms with E-state index in [0.29, 0.717) is 18.8 Å². The molecule has 0 fully saturated rings. The van der Waals surface area contributed by atoms with Crippen LogP contribution in [0.15, 0.2) is 36.5 Å². The first-order valence-electron chi connectivity index (χ1n) is 8.94. The summed E-state index contributed by atoms with van der Waals surface area (Å²) < 4.78 is 4.94. The smallest absolute Gasteiger partial charge is 0.270 e. The van der Waals surface area contributed by atoms with E-state index >= 15 is 0 Å². The second-order valence-electron chi connectivity index (χ2n) is 5.97. The first kappa shape index (κ1) is 19.7. The van der Waals surface area contributed by atoms with Crippen LogP contribution in [-0.4, -0.2) is 44.2 Å².